The van der Waals surface area contributed by atoms with Gasteiger partial charge in [0.05, 0.1) is 6.61 Å². The first-order valence-corrected chi connectivity index (χ1v) is 3.98. The first-order chi connectivity index (χ1) is 6.29. The predicted octanol–water partition coefficient (Wildman–Crippen LogP) is 2.37. The average molecular weight is 181 g/mol. The van der Waals surface area contributed by atoms with E-state index in [1.54, 1.807) is 0 Å². The minimum atomic E-state index is -0.330. The molecule has 68 valence electrons. The van der Waals surface area contributed by atoms with Gasteiger partial charge in [-0.05, 0) is 19.1 Å². The Bertz CT molecular complexity index is 424. The van der Waals surface area contributed by atoms with Gasteiger partial charge < -0.3 is 9.15 Å². The van der Waals surface area contributed by atoms with Gasteiger partial charge in [0.25, 0.3) is 0 Å². The van der Waals surface area contributed by atoms with Crippen LogP contribution in [0.1, 0.15) is 6.92 Å². The second-order valence-corrected chi connectivity index (χ2v) is 2.52. The lowest BCUT2D eigenvalue weighted by Crippen LogP contribution is -1.90. The molecule has 2 aromatic rings. The number of nitrogens with zero attached hydrogens (tertiary/aromatic N) is 1. The van der Waals surface area contributed by atoms with Crippen LogP contribution in [-0.4, -0.2) is 11.6 Å². The minimum absolute atomic E-state index is 0.183. The molecule has 1 aromatic heterocycles. The van der Waals surface area contributed by atoms with Crippen molar-refractivity contribution in [3.05, 3.63) is 24.0 Å². The Morgan fingerprint density at radius 1 is 1.54 bits per heavy atom. The molecule has 0 saturated carbocycles. The van der Waals surface area contributed by atoms with E-state index in [-0.39, 0.29) is 11.9 Å². The van der Waals surface area contributed by atoms with Crippen LogP contribution in [-0.2, 0) is 0 Å². The molecular weight excluding hydrogens is 173 g/mol. The van der Waals surface area contributed by atoms with Gasteiger partial charge in [-0.1, -0.05) is 0 Å². The van der Waals surface area contributed by atoms with Crippen LogP contribution in [0.15, 0.2) is 22.6 Å². The first kappa shape index (κ1) is 8.04. The molecule has 0 aliphatic heterocycles. The molecular formula is C9H8FNO2. The van der Waals surface area contributed by atoms with Crippen LogP contribution in [0, 0.1) is 5.82 Å². The fourth-order valence-electron chi connectivity index (χ4n) is 1.06. The van der Waals surface area contributed by atoms with Crippen molar-refractivity contribution in [3.63, 3.8) is 0 Å². The summed E-state index contributed by atoms with van der Waals surface area (Å²) in [5, 5.41) is 0. The maximum absolute atomic E-state index is 12.7. The van der Waals surface area contributed by atoms with Crippen LogP contribution in [0.5, 0.6) is 6.08 Å². The summed E-state index contributed by atoms with van der Waals surface area (Å²) in [5.41, 5.74) is 1.01. The molecule has 1 aromatic carbocycles. The molecule has 0 saturated heterocycles. The summed E-state index contributed by atoms with van der Waals surface area (Å²) >= 11 is 0. The number of hydrogen-bond donors (Lipinski definition) is 0. The van der Waals surface area contributed by atoms with Crippen molar-refractivity contribution >= 4 is 11.1 Å². The van der Waals surface area contributed by atoms with Crippen LogP contribution >= 0.6 is 0 Å². The highest BCUT2D eigenvalue weighted by Crippen LogP contribution is 2.20. The maximum atomic E-state index is 12.7. The molecule has 0 atom stereocenters. The summed E-state index contributed by atoms with van der Waals surface area (Å²) in [6, 6.07) is 4.16. The summed E-state index contributed by atoms with van der Waals surface area (Å²) in [7, 11) is 0. The average Bonchev–Trinajstić information content (AvgIpc) is 2.46. The highest BCUT2D eigenvalue weighted by atomic mass is 19.1. The minimum Gasteiger partial charge on any atom is -0.450 e. The van der Waals surface area contributed by atoms with E-state index in [2.05, 4.69) is 4.98 Å². The normalized spacial score (nSPS) is 10.6. The van der Waals surface area contributed by atoms with Crippen molar-refractivity contribution < 1.29 is 13.5 Å². The van der Waals surface area contributed by atoms with E-state index in [0.29, 0.717) is 17.7 Å². The molecule has 1 heterocycles. The highest BCUT2D eigenvalue weighted by Gasteiger charge is 2.06. The van der Waals surface area contributed by atoms with Crippen LogP contribution in [0.4, 0.5) is 4.39 Å². The van der Waals surface area contributed by atoms with Gasteiger partial charge >= 0.3 is 6.08 Å². The standard InChI is InChI=1S/C9H8FNO2/c1-2-12-9-11-7-5-6(10)3-4-8(7)13-9/h3-5H,2H2,1H3. The van der Waals surface area contributed by atoms with Crippen molar-refractivity contribution in [2.45, 2.75) is 6.92 Å². The molecule has 0 bridgehead atoms. The van der Waals surface area contributed by atoms with Crippen molar-refractivity contribution in [1.29, 1.82) is 0 Å². The molecule has 4 heteroatoms. The molecule has 3 nitrogen and oxygen atoms in total. The van der Waals surface area contributed by atoms with E-state index in [9.17, 15) is 4.39 Å². The van der Waals surface area contributed by atoms with Crippen molar-refractivity contribution in [1.82, 2.24) is 4.98 Å². The second kappa shape index (κ2) is 3.05. The van der Waals surface area contributed by atoms with E-state index in [0.717, 1.165) is 0 Å². The smallest absolute Gasteiger partial charge is 0.394 e. The summed E-state index contributed by atoms with van der Waals surface area (Å²) in [5.74, 6) is -0.330. The Hall–Kier alpha value is -1.58. The van der Waals surface area contributed by atoms with Crippen LogP contribution in [0.25, 0.3) is 11.1 Å². The maximum Gasteiger partial charge on any atom is 0.394 e. The Morgan fingerprint density at radius 2 is 2.38 bits per heavy atom. The van der Waals surface area contributed by atoms with Crippen molar-refractivity contribution in [2.75, 3.05) is 6.61 Å². The van der Waals surface area contributed by atoms with Gasteiger partial charge in [0, 0.05) is 6.07 Å². The van der Waals surface area contributed by atoms with Gasteiger partial charge in [-0.3, -0.25) is 0 Å². The lowest BCUT2D eigenvalue weighted by molar-refractivity contribution is 0.251. The molecule has 0 spiro atoms. The summed E-state index contributed by atoms with van der Waals surface area (Å²) in [6.45, 7) is 2.31. The summed E-state index contributed by atoms with van der Waals surface area (Å²) < 4.78 is 22.9. The fraction of sp³-hybridized carbons (Fsp3) is 0.222. The molecule has 13 heavy (non-hydrogen) atoms. The second-order valence-electron chi connectivity index (χ2n) is 2.52. The largest absolute Gasteiger partial charge is 0.450 e. The van der Waals surface area contributed by atoms with Gasteiger partial charge in [-0.15, -0.1) is 0 Å². The molecule has 0 radical (unpaired) electrons. The third-order valence-electron chi connectivity index (χ3n) is 1.60. The van der Waals surface area contributed by atoms with Gasteiger partial charge in [0.1, 0.15) is 11.3 Å². The van der Waals surface area contributed by atoms with Crippen LogP contribution in [0.3, 0.4) is 0 Å². The van der Waals surface area contributed by atoms with Crippen molar-refractivity contribution in [3.8, 4) is 6.08 Å². The van der Waals surface area contributed by atoms with E-state index in [4.69, 9.17) is 9.15 Å². The predicted molar refractivity (Wildman–Crippen MR) is 45.1 cm³/mol. The number of oxazole rings is 1. The zero-order valence-corrected chi connectivity index (χ0v) is 7.08. The van der Waals surface area contributed by atoms with Gasteiger partial charge in [0.2, 0.25) is 0 Å². The van der Waals surface area contributed by atoms with Gasteiger partial charge in [-0.25, -0.2) is 4.39 Å². The van der Waals surface area contributed by atoms with Crippen LogP contribution in [0.2, 0.25) is 0 Å². The number of fused-ring (bicyclic) bond motifs is 1. The molecule has 0 fully saturated rings. The number of benzene rings is 1. The van der Waals surface area contributed by atoms with Crippen molar-refractivity contribution in [2.24, 2.45) is 0 Å². The lowest BCUT2D eigenvalue weighted by atomic mass is 10.3. The molecule has 2 rings (SSSR count). The summed E-state index contributed by atoms with van der Waals surface area (Å²) in [6.07, 6.45) is 0.183. The highest BCUT2D eigenvalue weighted by molar-refractivity contribution is 5.72. The van der Waals surface area contributed by atoms with E-state index in [1.165, 1.54) is 18.2 Å². The molecule has 0 N–H and O–H groups in total. The Labute approximate surface area is 74.1 Å². The van der Waals surface area contributed by atoms with Gasteiger partial charge in [0.15, 0.2) is 5.58 Å². The fourth-order valence-corrected chi connectivity index (χ4v) is 1.06. The third kappa shape index (κ3) is 1.47. The monoisotopic (exact) mass is 181 g/mol. The number of ether oxygens (including phenoxy) is 1. The van der Waals surface area contributed by atoms with Crippen LogP contribution < -0.4 is 4.74 Å². The van der Waals surface area contributed by atoms with Gasteiger partial charge in [-0.2, -0.15) is 4.98 Å². The van der Waals surface area contributed by atoms with E-state index >= 15 is 0 Å². The topological polar surface area (TPSA) is 35.3 Å². The zero-order chi connectivity index (χ0) is 9.26. The van der Waals surface area contributed by atoms with E-state index in [1.807, 2.05) is 6.92 Å². The Morgan fingerprint density at radius 3 is 3.15 bits per heavy atom. The molecule has 0 aliphatic carbocycles. The lowest BCUT2D eigenvalue weighted by Gasteiger charge is -1.91. The summed E-state index contributed by atoms with van der Waals surface area (Å²) in [4.78, 5) is 3.93. The molecule has 0 unspecified atom stereocenters. The quantitative estimate of drug-likeness (QED) is 0.713. The van der Waals surface area contributed by atoms with E-state index < -0.39 is 0 Å². The number of aromatic nitrogens is 1. The molecule has 0 amide bonds. The third-order valence-corrected chi connectivity index (χ3v) is 1.60. The number of hydrogen-bond acceptors (Lipinski definition) is 3. The molecule has 0 aliphatic rings. The first-order valence-electron chi connectivity index (χ1n) is 3.98. The SMILES string of the molecule is CCOc1nc2cc(F)ccc2o1. The number of halogens is 1. The Balaban J connectivity index is 2.49. The zero-order valence-electron chi connectivity index (χ0n) is 7.08. The Kier molecular flexibility index (Phi) is 1.88. The number of rotatable bonds is 2.